The molecule has 5 heteroatoms. The summed E-state index contributed by atoms with van der Waals surface area (Å²) >= 11 is 0. The van der Waals surface area contributed by atoms with Crippen LogP contribution in [0.25, 0.3) is 0 Å². The van der Waals surface area contributed by atoms with Gasteiger partial charge in [0.05, 0.1) is 13.2 Å². The summed E-state index contributed by atoms with van der Waals surface area (Å²) in [5, 5.41) is 4.38. The third-order valence-corrected chi connectivity index (χ3v) is 3.10. The number of carbonyl (C=O) groups is 1. The molecule has 0 spiro atoms. The number of nitrogens with zero attached hydrogens (tertiary/aromatic N) is 3. The van der Waals surface area contributed by atoms with Gasteiger partial charge in [-0.05, 0) is 14.0 Å². The molecule has 0 saturated heterocycles. The Morgan fingerprint density at radius 2 is 2.39 bits per heavy atom. The molecule has 0 radical (unpaired) electrons. The average molecular weight is 249 g/mol. The number of aromatic nitrogens is 2. The van der Waals surface area contributed by atoms with Crippen LogP contribution in [0.15, 0.2) is 12.7 Å². The highest BCUT2D eigenvalue weighted by Crippen LogP contribution is 2.22. The summed E-state index contributed by atoms with van der Waals surface area (Å²) < 4.78 is 6.92. The first kappa shape index (κ1) is 12.8. The van der Waals surface area contributed by atoms with E-state index in [9.17, 15) is 4.79 Å². The van der Waals surface area contributed by atoms with Gasteiger partial charge in [0.1, 0.15) is 0 Å². The second-order valence-electron chi connectivity index (χ2n) is 4.45. The van der Waals surface area contributed by atoms with Crippen LogP contribution in [0.4, 0.5) is 0 Å². The van der Waals surface area contributed by atoms with E-state index in [2.05, 4.69) is 16.6 Å². The lowest BCUT2D eigenvalue weighted by Crippen LogP contribution is -2.28. The van der Waals surface area contributed by atoms with Crippen LogP contribution in [0.5, 0.6) is 0 Å². The second kappa shape index (κ2) is 5.35. The predicted molar refractivity (Wildman–Crippen MR) is 68.4 cm³/mol. The van der Waals surface area contributed by atoms with Gasteiger partial charge in [0.15, 0.2) is 5.69 Å². The van der Waals surface area contributed by atoms with Crippen LogP contribution in [-0.4, -0.2) is 40.8 Å². The van der Waals surface area contributed by atoms with Crippen molar-refractivity contribution in [3.05, 3.63) is 29.6 Å². The Morgan fingerprint density at radius 1 is 1.61 bits per heavy atom. The number of carbonyl (C=O) groups excluding carboxylic acids is 1. The van der Waals surface area contributed by atoms with Crippen molar-refractivity contribution in [2.45, 2.75) is 26.4 Å². The minimum absolute atomic E-state index is 0.327. The van der Waals surface area contributed by atoms with E-state index in [0.717, 1.165) is 30.8 Å². The Hall–Kier alpha value is -1.62. The predicted octanol–water partition coefficient (Wildman–Crippen LogP) is 1.23. The topological polar surface area (TPSA) is 47.4 Å². The van der Waals surface area contributed by atoms with Gasteiger partial charge in [0, 0.05) is 30.8 Å². The van der Waals surface area contributed by atoms with Crippen LogP contribution in [0, 0.1) is 0 Å². The van der Waals surface area contributed by atoms with Crippen LogP contribution in [0.2, 0.25) is 0 Å². The maximum Gasteiger partial charge on any atom is 0.359 e. The summed E-state index contributed by atoms with van der Waals surface area (Å²) in [5.74, 6) is -0.327. The Morgan fingerprint density at radius 3 is 3.06 bits per heavy atom. The minimum atomic E-state index is -0.327. The third kappa shape index (κ3) is 2.31. The van der Waals surface area contributed by atoms with Crippen molar-refractivity contribution in [1.82, 2.24) is 14.7 Å². The molecule has 5 nitrogen and oxygen atoms in total. The standard InChI is InChI=1S/C13H19N3O2/c1-4-7-16-11-6-8-15(3)9-10(11)12(14-16)13(17)18-5-2/h4H,1,5-9H2,2-3H3. The largest absolute Gasteiger partial charge is 0.461 e. The average Bonchev–Trinajstić information content (AvgIpc) is 2.68. The molecule has 0 bridgehead atoms. The van der Waals surface area contributed by atoms with Crippen molar-refractivity contribution < 1.29 is 9.53 Å². The van der Waals surface area contributed by atoms with Crippen LogP contribution in [-0.2, 0) is 24.2 Å². The number of fused-ring (bicyclic) bond motifs is 1. The van der Waals surface area contributed by atoms with Gasteiger partial charge in [-0.3, -0.25) is 4.68 Å². The van der Waals surface area contributed by atoms with Gasteiger partial charge in [-0.25, -0.2) is 4.79 Å². The fraction of sp³-hybridized carbons (Fsp3) is 0.538. The number of esters is 1. The quantitative estimate of drug-likeness (QED) is 0.595. The van der Waals surface area contributed by atoms with Crippen LogP contribution < -0.4 is 0 Å². The zero-order valence-corrected chi connectivity index (χ0v) is 11.0. The van der Waals surface area contributed by atoms with Gasteiger partial charge in [-0.15, -0.1) is 6.58 Å². The molecule has 0 aromatic carbocycles. The Bertz CT molecular complexity index is 465. The molecule has 0 atom stereocenters. The zero-order chi connectivity index (χ0) is 13.1. The van der Waals surface area contributed by atoms with E-state index in [4.69, 9.17) is 4.74 Å². The second-order valence-corrected chi connectivity index (χ2v) is 4.45. The molecule has 2 rings (SSSR count). The summed E-state index contributed by atoms with van der Waals surface area (Å²) in [4.78, 5) is 14.1. The maximum atomic E-state index is 11.9. The molecular weight excluding hydrogens is 230 g/mol. The van der Waals surface area contributed by atoms with Crippen LogP contribution >= 0.6 is 0 Å². The van der Waals surface area contributed by atoms with E-state index >= 15 is 0 Å². The molecule has 0 fully saturated rings. The first-order valence-corrected chi connectivity index (χ1v) is 6.22. The molecule has 98 valence electrons. The van der Waals surface area contributed by atoms with E-state index in [1.54, 1.807) is 13.0 Å². The fourth-order valence-electron chi connectivity index (χ4n) is 2.26. The first-order chi connectivity index (χ1) is 8.67. The lowest BCUT2D eigenvalue weighted by Gasteiger charge is -2.23. The Kier molecular flexibility index (Phi) is 3.81. The highest BCUT2D eigenvalue weighted by Gasteiger charge is 2.27. The number of ether oxygens (including phenoxy) is 1. The lowest BCUT2D eigenvalue weighted by molar-refractivity contribution is 0.0516. The van der Waals surface area contributed by atoms with Crippen LogP contribution in [0.3, 0.4) is 0 Å². The van der Waals surface area contributed by atoms with E-state index in [1.165, 1.54) is 0 Å². The molecule has 1 aromatic heterocycles. The molecule has 2 heterocycles. The van der Waals surface area contributed by atoms with Gasteiger partial charge < -0.3 is 9.64 Å². The van der Waals surface area contributed by atoms with E-state index < -0.39 is 0 Å². The van der Waals surface area contributed by atoms with Crippen molar-refractivity contribution in [3.63, 3.8) is 0 Å². The smallest absolute Gasteiger partial charge is 0.359 e. The van der Waals surface area contributed by atoms with Crippen molar-refractivity contribution in [1.29, 1.82) is 0 Å². The summed E-state index contributed by atoms with van der Waals surface area (Å²) in [5.41, 5.74) is 2.60. The van der Waals surface area contributed by atoms with Gasteiger partial charge in [-0.1, -0.05) is 6.08 Å². The van der Waals surface area contributed by atoms with Crippen molar-refractivity contribution in [3.8, 4) is 0 Å². The molecule has 0 amide bonds. The van der Waals surface area contributed by atoms with Gasteiger partial charge in [0.2, 0.25) is 0 Å². The van der Waals surface area contributed by atoms with Crippen LogP contribution in [0.1, 0.15) is 28.7 Å². The molecule has 1 aliphatic rings. The number of hydrogen-bond acceptors (Lipinski definition) is 4. The minimum Gasteiger partial charge on any atom is -0.461 e. The maximum absolute atomic E-state index is 11.9. The van der Waals surface area contributed by atoms with E-state index in [1.807, 2.05) is 11.7 Å². The Balaban J connectivity index is 2.40. The normalized spacial score (nSPS) is 15.2. The molecule has 0 saturated carbocycles. The molecule has 0 N–H and O–H groups in total. The monoisotopic (exact) mass is 249 g/mol. The van der Waals surface area contributed by atoms with Gasteiger partial charge in [0.25, 0.3) is 0 Å². The summed E-state index contributed by atoms with van der Waals surface area (Å²) in [6.45, 7) is 8.26. The highest BCUT2D eigenvalue weighted by atomic mass is 16.5. The molecule has 0 unspecified atom stereocenters. The number of allylic oxidation sites excluding steroid dienone is 1. The summed E-state index contributed by atoms with van der Waals surface area (Å²) in [6.07, 6.45) is 2.70. The van der Waals surface area contributed by atoms with Crippen molar-refractivity contribution >= 4 is 5.97 Å². The molecular formula is C13H19N3O2. The lowest BCUT2D eigenvalue weighted by atomic mass is 10.1. The van der Waals surface area contributed by atoms with E-state index in [0.29, 0.717) is 18.8 Å². The Labute approximate surface area is 107 Å². The summed E-state index contributed by atoms with van der Waals surface area (Å²) in [6, 6.07) is 0. The number of hydrogen-bond donors (Lipinski definition) is 0. The molecule has 18 heavy (non-hydrogen) atoms. The van der Waals surface area contributed by atoms with Crippen molar-refractivity contribution in [2.24, 2.45) is 0 Å². The number of rotatable bonds is 4. The highest BCUT2D eigenvalue weighted by molar-refractivity contribution is 5.89. The summed E-state index contributed by atoms with van der Waals surface area (Å²) in [7, 11) is 2.04. The van der Waals surface area contributed by atoms with Gasteiger partial charge >= 0.3 is 5.97 Å². The number of likely N-dealkylation sites (N-methyl/N-ethyl adjacent to an activating group) is 1. The third-order valence-electron chi connectivity index (χ3n) is 3.10. The fourth-order valence-corrected chi connectivity index (χ4v) is 2.26. The van der Waals surface area contributed by atoms with E-state index in [-0.39, 0.29) is 5.97 Å². The first-order valence-electron chi connectivity index (χ1n) is 6.22. The van der Waals surface area contributed by atoms with Crippen molar-refractivity contribution in [2.75, 3.05) is 20.2 Å². The molecule has 0 aliphatic carbocycles. The zero-order valence-electron chi connectivity index (χ0n) is 11.0. The molecule has 1 aromatic rings. The molecule has 1 aliphatic heterocycles. The van der Waals surface area contributed by atoms with Gasteiger partial charge in [-0.2, -0.15) is 5.10 Å². The SMILES string of the molecule is C=CCn1nc(C(=O)OCC)c2c1CCN(C)C2.